The van der Waals surface area contributed by atoms with E-state index in [1.54, 1.807) is 18.3 Å². The largest absolute Gasteiger partial charge is 0.294 e. The van der Waals surface area contributed by atoms with E-state index in [1.807, 2.05) is 31.2 Å². The average Bonchev–Trinajstić information content (AvgIpc) is 3.02. The summed E-state index contributed by atoms with van der Waals surface area (Å²) in [5.74, 6) is 0.661. The monoisotopic (exact) mass is 398 g/mol. The fourth-order valence-electron chi connectivity index (χ4n) is 3.22. The number of nitrogens with one attached hydrogen (secondary N) is 1. The number of hydrogen-bond donors (Lipinski definition) is 1. The molecule has 1 aromatic carbocycles. The predicted octanol–water partition coefficient (Wildman–Crippen LogP) is 3.89. The molecule has 2 heterocycles. The molecule has 6 nitrogen and oxygen atoms in total. The first kappa shape index (κ1) is 18.1. The standard InChI is InChI=1S/C19H18N4O2S2/c1-10-7-13-17(14(24)8-10)11(2)20-18(21-13)23-16(25)9-26-19-22-12-5-3-4-6-15(12)27-19/h3-6,10H,7-9H2,1-2H3,(H,20,21,23,25). The molecule has 1 aliphatic rings. The molecule has 27 heavy (non-hydrogen) atoms. The second-order valence-corrected chi connectivity index (χ2v) is 8.93. The van der Waals surface area contributed by atoms with Gasteiger partial charge < -0.3 is 0 Å². The predicted molar refractivity (Wildman–Crippen MR) is 108 cm³/mol. The maximum Gasteiger partial charge on any atom is 0.237 e. The van der Waals surface area contributed by atoms with Crippen LogP contribution in [0.3, 0.4) is 0 Å². The van der Waals surface area contributed by atoms with E-state index in [0.29, 0.717) is 17.7 Å². The number of Topliss-reactive ketones (excluding diaryl/α,β-unsaturated/α-hetero) is 1. The molecule has 0 spiro atoms. The van der Waals surface area contributed by atoms with Gasteiger partial charge in [-0.2, -0.15) is 0 Å². The summed E-state index contributed by atoms with van der Waals surface area (Å²) < 4.78 is 1.96. The summed E-state index contributed by atoms with van der Waals surface area (Å²) in [5, 5.41) is 2.75. The number of anilines is 1. The zero-order valence-electron chi connectivity index (χ0n) is 15.0. The maximum absolute atomic E-state index is 12.3. The fourth-order valence-corrected chi connectivity index (χ4v) is 5.09. The van der Waals surface area contributed by atoms with E-state index >= 15 is 0 Å². The molecule has 0 saturated carbocycles. The molecule has 138 valence electrons. The number of carbonyl (C=O) groups is 2. The lowest BCUT2D eigenvalue weighted by Gasteiger charge is -2.21. The van der Waals surface area contributed by atoms with E-state index < -0.39 is 0 Å². The average molecular weight is 399 g/mol. The van der Waals surface area contributed by atoms with E-state index in [2.05, 4.69) is 20.3 Å². The molecular weight excluding hydrogens is 380 g/mol. The number of thioether (sulfide) groups is 1. The minimum absolute atomic E-state index is 0.0884. The number of ketones is 1. The minimum atomic E-state index is -0.186. The lowest BCUT2D eigenvalue weighted by molar-refractivity contribution is -0.113. The van der Waals surface area contributed by atoms with Gasteiger partial charge in [0.25, 0.3) is 0 Å². The summed E-state index contributed by atoms with van der Waals surface area (Å²) in [5.41, 5.74) is 2.93. The van der Waals surface area contributed by atoms with Gasteiger partial charge in [0, 0.05) is 6.42 Å². The molecule has 1 amide bonds. The quantitative estimate of drug-likeness (QED) is 0.671. The highest BCUT2D eigenvalue weighted by Gasteiger charge is 2.26. The third kappa shape index (κ3) is 3.86. The topological polar surface area (TPSA) is 84.8 Å². The molecule has 1 aliphatic carbocycles. The molecule has 4 rings (SSSR count). The second kappa shape index (κ2) is 7.36. The Morgan fingerprint density at radius 2 is 2.07 bits per heavy atom. The molecule has 0 aliphatic heterocycles. The van der Waals surface area contributed by atoms with Gasteiger partial charge >= 0.3 is 0 Å². The smallest absolute Gasteiger partial charge is 0.237 e. The van der Waals surface area contributed by atoms with Crippen molar-refractivity contribution in [1.82, 2.24) is 15.0 Å². The van der Waals surface area contributed by atoms with E-state index in [-0.39, 0.29) is 29.3 Å². The number of aryl methyl sites for hydroxylation is 1. The number of benzene rings is 1. The number of hydrogen-bond acceptors (Lipinski definition) is 7. The Morgan fingerprint density at radius 1 is 1.26 bits per heavy atom. The van der Waals surface area contributed by atoms with Crippen LogP contribution in [0.15, 0.2) is 28.6 Å². The zero-order valence-corrected chi connectivity index (χ0v) is 16.6. The van der Waals surface area contributed by atoms with Crippen molar-refractivity contribution >= 4 is 51.0 Å². The Hall–Kier alpha value is -2.32. The van der Waals surface area contributed by atoms with E-state index in [0.717, 1.165) is 26.7 Å². The first-order valence-corrected chi connectivity index (χ1v) is 10.5. The number of rotatable bonds is 4. The van der Waals surface area contributed by atoms with Crippen molar-refractivity contribution in [2.24, 2.45) is 5.92 Å². The molecule has 0 saturated heterocycles. The van der Waals surface area contributed by atoms with Crippen LogP contribution in [0.4, 0.5) is 5.95 Å². The number of thiazole rings is 1. The third-order valence-corrected chi connectivity index (χ3v) is 6.55. The summed E-state index contributed by atoms with van der Waals surface area (Å²) in [6.07, 6.45) is 1.26. The van der Waals surface area contributed by atoms with Crippen molar-refractivity contribution in [1.29, 1.82) is 0 Å². The van der Waals surface area contributed by atoms with Crippen LogP contribution in [0.2, 0.25) is 0 Å². The highest BCUT2D eigenvalue weighted by atomic mass is 32.2. The van der Waals surface area contributed by atoms with Crippen molar-refractivity contribution in [3.8, 4) is 0 Å². The third-order valence-electron chi connectivity index (χ3n) is 4.37. The van der Waals surface area contributed by atoms with Crippen LogP contribution in [-0.4, -0.2) is 32.4 Å². The highest BCUT2D eigenvalue weighted by molar-refractivity contribution is 8.01. The van der Waals surface area contributed by atoms with Crippen LogP contribution in [0, 0.1) is 12.8 Å². The summed E-state index contributed by atoms with van der Waals surface area (Å²) in [6, 6.07) is 7.90. The van der Waals surface area contributed by atoms with Crippen molar-refractivity contribution < 1.29 is 9.59 Å². The van der Waals surface area contributed by atoms with Crippen LogP contribution < -0.4 is 5.32 Å². The van der Waals surface area contributed by atoms with Gasteiger partial charge in [-0.15, -0.1) is 11.3 Å². The molecular formula is C19H18N4O2S2. The van der Waals surface area contributed by atoms with Gasteiger partial charge in [0.2, 0.25) is 11.9 Å². The highest BCUT2D eigenvalue weighted by Crippen LogP contribution is 2.29. The lowest BCUT2D eigenvalue weighted by Crippen LogP contribution is -2.24. The van der Waals surface area contributed by atoms with Crippen LogP contribution in [0.5, 0.6) is 0 Å². The normalized spacial score (nSPS) is 16.4. The Labute approximate surface area is 164 Å². The summed E-state index contributed by atoms with van der Waals surface area (Å²) in [7, 11) is 0. The minimum Gasteiger partial charge on any atom is -0.294 e. The first-order chi connectivity index (χ1) is 13.0. The molecule has 1 N–H and O–H groups in total. The number of para-hydroxylation sites is 1. The van der Waals surface area contributed by atoms with Crippen LogP contribution >= 0.6 is 23.1 Å². The summed E-state index contributed by atoms with van der Waals surface area (Å²) in [4.78, 5) is 37.8. The summed E-state index contributed by atoms with van der Waals surface area (Å²) >= 11 is 2.96. The van der Waals surface area contributed by atoms with E-state index in [1.165, 1.54) is 11.8 Å². The Balaban J connectivity index is 1.44. The molecule has 0 radical (unpaired) electrons. The van der Waals surface area contributed by atoms with E-state index in [4.69, 9.17) is 0 Å². The number of aromatic nitrogens is 3. The number of fused-ring (bicyclic) bond motifs is 2. The number of amides is 1. The number of carbonyl (C=O) groups excluding carboxylic acids is 2. The number of nitrogens with zero attached hydrogens (tertiary/aromatic N) is 3. The Kier molecular flexibility index (Phi) is 4.92. The van der Waals surface area contributed by atoms with E-state index in [9.17, 15) is 9.59 Å². The SMILES string of the molecule is Cc1nc(NC(=O)CSc2nc3ccccc3s2)nc2c1C(=O)CC(C)C2. The van der Waals surface area contributed by atoms with Gasteiger partial charge in [-0.3, -0.25) is 14.9 Å². The molecule has 3 aromatic rings. The Bertz CT molecular complexity index is 1010. The van der Waals surface area contributed by atoms with Crippen molar-refractivity contribution in [2.45, 2.75) is 31.0 Å². The molecule has 0 fully saturated rings. The van der Waals surface area contributed by atoms with Crippen LogP contribution in [0.25, 0.3) is 10.2 Å². The van der Waals surface area contributed by atoms with Gasteiger partial charge in [0.1, 0.15) is 0 Å². The molecule has 1 unspecified atom stereocenters. The summed E-state index contributed by atoms with van der Waals surface area (Å²) in [6.45, 7) is 3.82. The van der Waals surface area contributed by atoms with Gasteiger partial charge in [0.15, 0.2) is 10.1 Å². The lowest BCUT2D eigenvalue weighted by atomic mass is 9.86. The van der Waals surface area contributed by atoms with Gasteiger partial charge in [-0.05, 0) is 31.4 Å². The molecule has 8 heteroatoms. The van der Waals surface area contributed by atoms with Gasteiger partial charge in [-0.1, -0.05) is 30.8 Å². The molecule has 0 bridgehead atoms. The maximum atomic E-state index is 12.3. The zero-order chi connectivity index (χ0) is 19.0. The van der Waals surface area contributed by atoms with Crippen LogP contribution in [0.1, 0.15) is 35.1 Å². The molecule has 2 aromatic heterocycles. The van der Waals surface area contributed by atoms with Crippen molar-refractivity contribution in [3.63, 3.8) is 0 Å². The van der Waals surface area contributed by atoms with Crippen LogP contribution in [-0.2, 0) is 11.2 Å². The Morgan fingerprint density at radius 3 is 2.89 bits per heavy atom. The van der Waals surface area contributed by atoms with Crippen molar-refractivity contribution in [2.75, 3.05) is 11.1 Å². The van der Waals surface area contributed by atoms with Gasteiger partial charge in [-0.25, -0.2) is 15.0 Å². The van der Waals surface area contributed by atoms with Gasteiger partial charge in [0.05, 0.1) is 32.9 Å². The van der Waals surface area contributed by atoms with Crippen molar-refractivity contribution in [3.05, 3.63) is 41.2 Å². The fraction of sp³-hybridized carbons (Fsp3) is 0.316. The first-order valence-electron chi connectivity index (χ1n) is 8.68. The molecule has 1 atom stereocenters. The second-order valence-electron chi connectivity index (χ2n) is 6.68.